The summed E-state index contributed by atoms with van der Waals surface area (Å²) in [6, 6.07) is 11.6. The van der Waals surface area contributed by atoms with Crippen LogP contribution in [0.4, 0.5) is 11.6 Å². The zero-order chi connectivity index (χ0) is 33.1. The summed E-state index contributed by atoms with van der Waals surface area (Å²) >= 11 is 17.7. The molecule has 3 aromatic heterocycles. The summed E-state index contributed by atoms with van der Waals surface area (Å²) in [5, 5.41) is -0.615. The van der Waals surface area contributed by atoms with E-state index in [0.29, 0.717) is 5.82 Å². The Morgan fingerprint density at radius 3 is 2.04 bits per heavy atom. The molecule has 0 saturated carbocycles. The Balaban J connectivity index is 0.000000207. The Bertz CT molecular complexity index is 1870. The Hall–Kier alpha value is -3.63. The molecule has 0 aromatic carbocycles. The predicted molar refractivity (Wildman–Crippen MR) is 172 cm³/mol. The summed E-state index contributed by atoms with van der Waals surface area (Å²) in [6.07, 6.45) is 7.25. The van der Waals surface area contributed by atoms with E-state index >= 15 is 0 Å². The molecule has 0 bridgehead atoms. The number of nitrogens with two attached hydrogens (primary N) is 2. The van der Waals surface area contributed by atoms with Crippen LogP contribution in [0.1, 0.15) is 37.0 Å². The number of amides is 1. The van der Waals surface area contributed by atoms with E-state index in [4.69, 9.17) is 46.3 Å². The summed E-state index contributed by atoms with van der Waals surface area (Å²) in [4.78, 5) is 25.3. The number of hydrogen-bond acceptors (Lipinski definition) is 11. The normalized spacial score (nSPS) is 19.8. The van der Waals surface area contributed by atoms with Crippen molar-refractivity contribution in [2.24, 2.45) is 0 Å². The third-order valence-corrected chi connectivity index (χ3v) is 10.6. The number of allylic oxidation sites excluding steroid dienone is 2. The van der Waals surface area contributed by atoms with E-state index in [9.17, 15) is 21.6 Å². The number of aromatic nitrogens is 3. The van der Waals surface area contributed by atoms with Crippen LogP contribution in [0.25, 0.3) is 0 Å². The lowest BCUT2D eigenvalue weighted by Gasteiger charge is -2.40. The van der Waals surface area contributed by atoms with Crippen molar-refractivity contribution in [1.29, 1.82) is 0 Å². The molecule has 18 heteroatoms. The zero-order valence-corrected chi connectivity index (χ0v) is 27.8. The standard InChI is InChI=1S/C16H21ClN4O2S.C11H8Cl2N4O3S/c1-11-9-10-12(2)20(11)16-8-3-5-13(17)21(16)24(22,23)15-7-4-6-14(18)19-15;12-7-5-4-6(10(13)15-7)11(18)17-21(19,20)9-3-1-2-8(14)16-9/h3-8,11-13H,9-10H2,1-2H3,(H2,18,19);1-5H,(H2,14,16)(H,17,18)/t11-,12+,13?;. The van der Waals surface area contributed by atoms with Gasteiger partial charge in [-0.05, 0) is 75.2 Å². The highest BCUT2D eigenvalue weighted by molar-refractivity contribution is 7.90. The first-order valence-electron chi connectivity index (χ1n) is 13.3. The van der Waals surface area contributed by atoms with Crippen molar-refractivity contribution < 1.29 is 21.6 Å². The van der Waals surface area contributed by atoms with Crippen molar-refractivity contribution >= 4 is 72.4 Å². The summed E-state index contributed by atoms with van der Waals surface area (Å²) in [6.45, 7) is 4.19. The molecule has 0 aliphatic carbocycles. The molecule has 2 aliphatic rings. The van der Waals surface area contributed by atoms with Gasteiger partial charge in [0, 0.05) is 12.1 Å². The van der Waals surface area contributed by atoms with Gasteiger partial charge < -0.3 is 16.4 Å². The molecular weight excluding hydrogens is 687 g/mol. The average molecular weight is 716 g/mol. The monoisotopic (exact) mass is 714 g/mol. The van der Waals surface area contributed by atoms with E-state index in [2.05, 4.69) is 33.7 Å². The number of alkyl halides is 1. The number of nitrogens with zero attached hydrogens (tertiary/aromatic N) is 5. The fourth-order valence-electron chi connectivity index (χ4n) is 4.68. The summed E-state index contributed by atoms with van der Waals surface area (Å²) in [7, 11) is -8.09. The smallest absolute Gasteiger partial charge is 0.284 e. The van der Waals surface area contributed by atoms with Gasteiger partial charge in [-0.15, -0.1) is 0 Å². The van der Waals surface area contributed by atoms with Crippen molar-refractivity contribution in [1.82, 2.24) is 28.9 Å². The third kappa shape index (κ3) is 7.79. The number of anilines is 2. The van der Waals surface area contributed by atoms with Crippen molar-refractivity contribution in [3.8, 4) is 0 Å². The van der Waals surface area contributed by atoms with Crippen LogP contribution >= 0.6 is 34.8 Å². The van der Waals surface area contributed by atoms with Crippen LogP contribution in [0, 0.1) is 0 Å². The number of hydrogen-bond donors (Lipinski definition) is 3. The van der Waals surface area contributed by atoms with E-state index in [0.717, 1.165) is 12.8 Å². The maximum Gasteiger partial charge on any atom is 0.284 e. The van der Waals surface area contributed by atoms with E-state index in [1.165, 1.54) is 40.7 Å². The Kier molecular flexibility index (Phi) is 10.5. The molecule has 0 spiro atoms. The van der Waals surface area contributed by atoms with Gasteiger partial charge in [-0.3, -0.25) is 4.79 Å². The first-order valence-corrected chi connectivity index (χ1v) is 17.4. The molecule has 45 heavy (non-hydrogen) atoms. The molecule has 1 fully saturated rings. The average Bonchev–Trinajstić information content (AvgIpc) is 3.30. The predicted octanol–water partition coefficient (Wildman–Crippen LogP) is 3.99. The molecule has 1 saturated heterocycles. The van der Waals surface area contributed by atoms with Gasteiger partial charge in [-0.1, -0.05) is 53.0 Å². The number of sulfonamides is 2. The van der Waals surface area contributed by atoms with E-state index in [-0.39, 0.29) is 49.6 Å². The molecule has 0 radical (unpaired) electrons. The van der Waals surface area contributed by atoms with Crippen LogP contribution in [0.5, 0.6) is 0 Å². The van der Waals surface area contributed by atoms with E-state index < -0.39 is 31.5 Å². The largest absolute Gasteiger partial charge is 0.384 e. The highest BCUT2D eigenvalue weighted by Gasteiger charge is 2.40. The van der Waals surface area contributed by atoms with Crippen LogP contribution in [-0.4, -0.2) is 64.5 Å². The first-order chi connectivity index (χ1) is 21.1. The maximum atomic E-state index is 13.2. The van der Waals surface area contributed by atoms with Crippen molar-refractivity contribution in [2.45, 2.75) is 54.3 Å². The molecule has 5 rings (SSSR count). The fraction of sp³-hybridized carbons (Fsp3) is 0.259. The van der Waals surface area contributed by atoms with Gasteiger partial charge in [0.05, 0.1) is 5.56 Å². The Labute approximate surface area is 276 Å². The lowest BCUT2D eigenvalue weighted by molar-refractivity contribution is 0.0981. The van der Waals surface area contributed by atoms with E-state index in [1.807, 2.05) is 4.72 Å². The van der Waals surface area contributed by atoms with Crippen LogP contribution in [0.2, 0.25) is 10.3 Å². The molecule has 3 aromatic rings. The quantitative estimate of drug-likeness (QED) is 0.190. The number of halogens is 3. The highest BCUT2D eigenvalue weighted by Crippen LogP contribution is 2.36. The second-order valence-corrected chi connectivity index (χ2v) is 14.6. The number of nitrogens with one attached hydrogen (secondary N) is 1. The molecule has 2 aliphatic heterocycles. The summed E-state index contributed by atoms with van der Waals surface area (Å²) < 4.78 is 53.4. The highest BCUT2D eigenvalue weighted by atomic mass is 35.5. The zero-order valence-electron chi connectivity index (χ0n) is 23.9. The molecule has 1 unspecified atom stereocenters. The molecule has 5 N–H and O–H groups in total. The summed E-state index contributed by atoms with van der Waals surface area (Å²) in [5.74, 6) is -0.202. The summed E-state index contributed by atoms with van der Waals surface area (Å²) in [5.41, 5.74) is 10.1. The number of rotatable bonds is 6. The Morgan fingerprint density at radius 1 is 0.889 bits per heavy atom. The molecule has 3 atom stereocenters. The number of likely N-dealkylation sites (tertiary alicyclic amines) is 1. The molecule has 5 heterocycles. The number of carbonyl (C=O) groups is 1. The maximum absolute atomic E-state index is 13.2. The number of carbonyl (C=O) groups excluding carboxylic acids is 1. The molecule has 13 nitrogen and oxygen atoms in total. The second kappa shape index (κ2) is 13.8. The molecular formula is C27H29Cl3N8O5S2. The van der Waals surface area contributed by atoms with Crippen molar-refractivity contribution in [2.75, 3.05) is 11.5 Å². The minimum absolute atomic E-state index is 0.0107. The van der Waals surface area contributed by atoms with Gasteiger partial charge >= 0.3 is 0 Å². The Morgan fingerprint density at radius 2 is 1.47 bits per heavy atom. The van der Waals surface area contributed by atoms with Crippen LogP contribution < -0.4 is 16.2 Å². The number of pyridine rings is 3. The van der Waals surface area contributed by atoms with E-state index in [1.54, 1.807) is 30.4 Å². The first kappa shape index (κ1) is 34.2. The fourth-order valence-corrected chi connectivity index (χ4v) is 7.96. The van der Waals surface area contributed by atoms with Crippen molar-refractivity contribution in [3.05, 3.63) is 88.4 Å². The van der Waals surface area contributed by atoms with Crippen LogP contribution in [0.15, 0.2) is 82.6 Å². The van der Waals surface area contributed by atoms with Gasteiger partial charge in [0.25, 0.3) is 26.0 Å². The minimum atomic E-state index is -4.17. The SMILES string of the molecule is C[C@@H]1CC[C@H](C)N1C1=CC=CC(Cl)N1S(=O)(=O)c1cccc(N)n1.Nc1cccc(S(=O)(=O)NC(=O)c2ccc(Cl)nc2Cl)n1. The van der Waals surface area contributed by atoms with Gasteiger partial charge in [0.15, 0.2) is 10.1 Å². The minimum Gasteiger partial charge on any atom is -0.384 e. The van der Waals surface area contributed by atoms with Gasteiger partial charge in [-0.25, -0.2) is 24.0 Å². The van der Waals surface area contributed by atoms with Crippen LogP contribution in [-0.2, 0) is 20.0 Å². The molecule has 240 valence electrons. The third-order valence-electron chi connectivity index (χ3n) is 6.76. The molecule has 1 amide bonds. The van der Waals surface area contributed by atoms with Crippen LogP contribution in [0.3, 0.4) is 0 Å². The topological polar surface area (TPSA) is 195 Å². The van der Waals surface area contributed by atoms with Gasteiger partial charge in [-0.2, -0.15) is 16.8 Å². The second-order valence-electron chi connectivity index (χ2n) is 9.97. The van der Waals surface area contributed by atoms with Gasteiger partial charge in [0.2, 0.25) is 0 Å². The van der Waals surface area contributed by atoms with Crippen molar-refractivity contribution in [3.63, 3.8) is 0 Å². The lowest BCUT2D eigenvalue weighted by atomic mass is 10.2. The van der Waals surface area contributed by atoms with Gasteiger partial charge in [0.1, 0.15) is 33.3 Å². The number of nitrogen functional groups attached to an aromatic ring is 2. The lowest BCUT2D eigenvalue weighted by Crippen LogP contribution is -2.46.